The molecule has 0 aliphatic rings. The zero-order chi connectivity index (χ0) is 21.0. The number of ketones is 2. The van der Waals surface area contributed by atoms with Crippen LogP contribution in [0.1, 0.15) is 53.2 Å². The molecule has 0 bridgehead atoms. The molecule has 7 heteroatoms. The van der Waals surface area contributed by atoms with Gasteiger partial charge in [0.15, 0.2) is 11.6 Å². The van der Waals surface area contributed by atoms with E-state index in [0.29, 0.717) is 24.2 Å². The smallest absolute Gasteiger partial charge is 0.181 e. The molecule has 0 fully saturated rings. The lowest BCUT2D eigenvalue weighted by Crippen LogP contribution is -2.10. The van der Waals surface area contributed by atoms with Gasteiger partial charge in [-0.05, 0) is 48.2 Å². The number of pyridine rings is 1. The number of rotatable bonds is 8. The second kappa shape index (κ2) is 9.09. The van der Waals surface area contributed by atoms with E-state index < -0.39 is 5.82 Å². The molecule has 0 atom stereocenters. The van der Waals surface area contributed by atoms with Gasteiger partial charge in [0.1, 0.15) is 17.2 Å². The highest BCUT2D eigenvalue weighted by molar-refractivity contribution is 6.30. The van der Waals surface area contributed by atoms with Crippen LogP contribution in [0.5, 0.6) is 0 Å². The SMILES string of the molecule is CC(C)CC(=O)c1cccc(C(=O)CCc2cnn(-c3ccc(F)c(Cl)c3)c2)n1. The van der Waals surface area contributed by atoms with E-state index in [0.717, 1.165) is 5.56 Å². The molecule has 0 aliphatic carbocycles. The summed E-state index contributed by atoms with van der Waals surface area (Å²) in [6, 6.07) is 9.29. The van der Waals surface area contributed by atoms with E-state index in [1.54, 1.807) is 41.3 Å². The molecule has 3 aromatic rings. The lowest BCUT2D eigenvalue weighted by atomic mass is 10.0. The van der Waals surface area contributed by atoms with Gasteiger partial charge in [0, 0.05) is 19.0 Å². The highest BCUT2D eigenvalue weighted by Gasteiger charge is 2.14. The minimum absolute atomic E-state index is 0.0210. The molecule has 3 rings (SSSR count). The van der Waals surface area contributed by atoms with Crippen LogP contribution < -0.4 is 0 Å². The van der Waals surface area contributed by atoms with Crippen LogP contribution in [0.15, 0.2) is 48.8 Å². The Bertz CT molecular complexity index is 1050. The monoisotopic (exact) mass is 413 g/mol. The Balaban J connectivity index is 1.65. The molecule has 2 aromatic heterocycles. The average Bonchev–Trinajstić information content (AvgIpc) is 3.17. The summed E-state index contributed by atoms with van der Waals surface area (Å²) >= 11 is 5.81. The summed E-state index contributed by atoms with van der Waals surface area (Å²) in [5.41, 5.74) is 2.10. The van der Waals surface area contributed by atoms with Gasteiger partial charge in [-0.2, -0.15) is 5.10 Å². The van der Waals surface area contributed by atoms with Crippen molar-refractivity contribution < 1.29 is 14.0 Å². The van der Waals surface area contributed by atoms with Crippen LogP contribution >= 0.6 is 11.6 Å². The average molecular weight is 414 g/mol. The molecule has 1 aromatic carbocycles. The van der Waals surface area contributed by atoms with Crippen molar-refractivity contribution >= 4 is 23.2 Å². The van der Waals surface area contributed by atoms with Gasteiger partial charge < -0.3 is 0 Å². The van der Waals surface area contributed by atoms with Crippen LogP contribution in [0, 0.1) is 11.7 Å². The molecule has 29 heavy (non-hydrogen) atoms. The van der Waals surface area contributed by atoms with Crippen LogP contribution in [-0.4, -0.2) is 26.3 Å². The van der Waals surface area contributed by atoms with E-state index in [4.69, 9.17) is 11.6 Å². The molecule has 0 aliphatic heterocycles. The van der Waals surface area contributed by atoms with Gasteiger partial charge in [-0.3, -0.25) is 9.59 Å². The number of carbonyl (C=O) groups excluding carboxylic acids is 2. The number of aryl methyl sites for hydroxylation is 1. The van der Waals surface area contributed by atoms with Gasteiger partial charge in [-0.15, -0.1) is 0 Å². The first-order valence-electron chi connectivity index (χ1n) is 9.36. The third-order valence-corrected chi connectivity index (χ3v) is 4.65. The zero-order valence-corrected chi connectivity index (χ0v) is 17.0. The second-order valence-electron chi connectivity index (χ2n) is 7.24. The number of Topliss-reactive ketones (excluding diaryl/α,β-unsaturated/α-hetero) is 2. The number of hydrogen-bond acceptors (Lipinski definition) is 4. The lowest BCUT2D eigenvalue weighted by molar-refractivity contribution is 0.0962. The minimum Gasteiger partial charge on any atom is -0.292 e. The van der Waals surface area contributed by atoms with Crippen molar-refractivity contribution in [3.63, 3.8) is 0 Å². The summed E-state index contributed by atoms with van der Waals surface area (Å²) in [4.78, 5) is 28.9. The van der Waals surface area contributed by atoms with Crippen molar-refractivity contribution in [1.82, 2.24) is 14.8 Å². The Kier molecular flexibility index (Phi) is 6.54. The van der Waals surface area contributed by atoms with E-state index >= 15 is 0 Å². The molecule has 0 spiro atoms. The molecular weight excluding hydrogens is 393 g/mol. The van der Waals surface area contributed by atoms with Gasteiger partial charge in [-0.25, -0.2) is 14.1 Å². The first-order valence-corrected chi connectivity index (χ1v) is 9.73. The molecule has 2 heterocycles. The molecule has 0 radical (unpaired) electrons. The van der Waals surface area contributed by atoms with Gasteiger partial charge in [0.05, 0.1) is 16.9 Å². The Morgan fingerprint density at radius 3 is 2.55 bits per heavy atom. The molecule has 0 saturated carbocycles. The zero-order valence-electron chi connectivity index (χ0n) is 16.2. The fourth-order valence-corrected chi connectivity index (χ4v) is 3.04. The molecule has 0 amide bonds. The van der Waals surface area contributed by atoms with E-state index in [1.165, 1.54) is 12.1 Å². The van der Waals surface area contributed by atoms with Gasteiger partial charge in [-0.1, -0.05) is 31.5 Å². The summed E-state index contributed by atoms with van der Waals surface area (Å²) < 4.78 is 14.9. The van der Waals surface area contributed by atoms with Gasteiger partial charge >= 0.3 is 0 Å². The van der Waals surface area contributed by atoms with Crippen molar-refractivity contribution in [3.05, 3.63) is 76.6 Å². The maximum atomic E-state index is 13.3. The van der Waals surface area contributed by atoms with Gasteiger partial charge in [0.25, 0.3) is 0 Å². The van der Waals surface area contributed by atoms with Crippen LogP contribution in [0.3, 0.4) is 0 Å². The van der Waals surface area contributed by atoms with Crippen LogP contribution in [0.2, 0.25) is 5.02 Å². The molecular formula is C22H21ClFN3O2. The van der Waals surface area contributed by atoms with Gasteiger partial charge in [0.2, 0.25) is 0 Å². The number of halogens is 2. The summed E-state index contributed by atoms with van der Waals surface area (Å²) in [5.74, 6) is -0.457. The molecule has 5 nitrogen and oxygen atoms in total. The number of aromatic nitrogens is 3. The van der Waals surface area contributed by atoms with Crippen LogP contribution in [0.4, 0.5) is 4.39 Å². The largest absolute Gasteiger partial charge is 0.292 e. The number of benzene rings is 1. The summed E-state index contributed by atoms with van der Waals surface area (Å²) in [7, 11) is 0. The summed E-state index contributed by atoms with van der Waals surface area (Å²) in [6.07, 6.45) is 4.54. The third-order valence-electron chi connectivity index (χ3n) is 4.36. The molecule has 150 valence electrons. The first kappa shape index (κ1) is 20.9. The quantitative estimate of drug-likeness (QED) is 0.481. The maximum absolute atomic E-state index is 13.3. The number of carbonyl (C=O) groups is 2. The highest BCUT2D eigenvalue weighted by Crippen LogP contribution is 2.19. The predicted molar refractivity (Wildman–Crippen MR) is 109 cm³/mol. The Labute approximate surface area is 173 Å². The maximum Gasteiger partial charge on any atom is 0.181 e. The number of nitrogens with zero attached hydrogens (tertiary/aromatic N) is 3. The highest BCUT2D eigenvalue weighted by atomic mass is 35.5. The van der Waals surface area contributed by atoms with E-state index in [1.807, 2.05) is 13.8 Å². The van der Waals surface area contributed by atoms with E-state index in [2.05, 4.69) is 10.1 Å². The van der Waals surface area contributed by atoms with E-state index in [-0.39, 0.29) is 34.6 Å². The lowest BCUT2D eigenvalue weighted by Gasteiger charge is -2.05. The Hall–Kier alpha value is -2.86. The minimum atomic E-state index is -0.491. The summed E-state index contributed by atoms with van der Waals surface area (Å²) in [6.45, 7) is 3.93. The molecule has 0 N–H and O–H groups in total. The van der Waals surface area contributed by atoms with Crippen molar-refractivity contribution in [2.24, 2.45) is 5.92 Å². The fraction of sp³-hybridized carbons (Fsp3) is 0.273. The normalized spacial score (nSPS) is 11.1. The Morgan fingerprint density at radius 2 is 1.86 bits per heavy atom. The van der Waals surface area contributed by atoms with Crippen molar-refractivity contribution in [2.75, 3.05) is 0 Å². The predicted octanol–water partition coefficient (Wildman–Crippen LogP) is 5.10. The second-order valence-corrected chi connectivity index (χ2v) is 7.65. The van der Waals surface area contributed by atoms with Crippen molar-refractivity contribution in [2.45, 2.75) is 33.1 Å². The first-order chi connectivity index (χ1) is 13.8. The third kappa shape index (κ3) is 5.35. The van der Waals surface area contributed by atoms with Crippen molar-refractivity contribution in [3.8, 4) is 5.69 Å². The fourth-order valence-electron chi connectivity index (χ4n) is 2.86. The molecule has 0 unspecified atom stereocenters. The van der Waals surface area contributed by atoms with Crippen molar-refractivity contribution in [1.29, 1.82) is 0 Å². The van der Waals surface area contributed by atoms with Crippen LogP contribution in [-0.2, 0) is 6.42 Å². The summed E-state index contributed by atoms with van der Waals surface area (Å²) in [5, 5.41) is 4.26. The van der Waals surface area contributed by atoms with Crippen LogP contribution in [0.25, 0.3) is 5.69 Å². The Morgan fingerprint density at radius 1 is 1.14 bits per heavy atom. The topological polar surface area (TPSA) is 64.8 Å². The number of hydrogen-bond donors (Lipinski definition) is 0. The van der Waals surface area contributed by atoms with E-state index in [9.17, 15) is 14.0 Å². The standard InChI is InChI=1S/C22H21ClFN3O2/c1-14(2)10-22(29)20-5-3-4-19(26-20)21(28)9-6-15-12-25-27(13-15)16-7-8-18(24)17(23)11-16/h3-5,7-8,11-14H,6,9-10H2,1-2H3. The molecule has 0 saturated heterocycles.